The number of benzene rings is 3. The van der Waals surface area contributed by atoms with Gasteiger partial charge in [-0.1, -0.05) is 30.7 Å². The number of aryl methyl sites for hydroxylation is 1. The summed E-state index contributed by atoms with van der Waals surface area (Å²) in [6, 6.07) is 18.8. The van der Waals surface area contributed by atoms with E-state index < -0.39 is 10.8 Å². The van der Waals surface area contributed by atoms with E-state index in [1.165, 1.54) is 17.7 Å². The monoisotopic (exact) mass is 492 g/mol. The Morgan fingerprint density at radius 2 is 1.63 bits per heavy atom. The molecule has 1 saturated heterocycles. The molecule has 0 saturated carbocycles. The van der Waals surface area contributed by atoms with Gasteiger partial charge in [-0.3, -0.25) is 19.7 Å². The molecule has 1 N–H and O–H groups in total. The lowest BCUT2D eigenvalue weighted by atomic mass is 10.1. The van der Waals surface area contributed by atoms with E-state index in [9.17, 15) is 19.7 Å². The van der Waals surface area contributed by atoms with E-state index in [0.717, 1.165) is 18.2 Å². The molecule has 0 aromatic heterocycles. The zero-order chi connectivity index (χ0) is 24.9. The summed E-state index contributed by atoms with van der Waals surface area (Å²) >= 11 is 6.06. The van der Waals surface area contributed by atoms with Gasteiger partial charge in [-0.25, -0.2) is 0 Å². The predicted octanol–water partition coefficient (Wildman–Crippen LogP) is 5.03. The van der Waals surface area contributed by atoms with Crippen LogP contribution in [0.1, 0.15) is 33.2 Å². The number of nitrogens with one attached hydrogen (secondary N) is 1. The van der Waals surface area contributed by atoms with Gasteiger partial charge in [-0.05, 0) is 54.4 Å². The van der Waals surface area contributed by atoms with Crippen molar-refractivity contribution in [2.45, 2.75) is 13.3 Å². The summed E-state index contributed by atoms with van der Waals surface area (Å²) in [5, 5.41) is 13.9. The minimum atomic E-state index is -0.572. The van der Waals surface area contributed by atoms with Crippen molar-refractivity contribution in [1.82, 2.24) is 4.90 Å². The van der Waals surface area contributed by atoms with Gasteiger partial charge < -0.3 is 15.1 Å². The van der Waals surface area contributed by atoms with Gasteiger partial charge in [0.2, 0.25) is 0 Å². The van der Waals surface area contributed by atoms with Crippen molar-refractivity contribution in [3.05, 3.63) is 98.6 Å². The van der Waals surface area contributed by atoms with Crippen molar-refractivity contribution in [3.8, 4) is 0 Å². The van der Waals surface area contributed by atoms with E-state index in [-0.39, 0.29) is 22.2 Å². The minimum Gasteiger partial charge on any atom is -0.368 e. The van der Waals surface area contributed by atoms with E-state index in [0.29, 0.717) is 37.4 Å². The van der Waals surface area contributed by atoms with Crippen LogP contribution in [0.3, 0.4) is 0 Å². The number of rotatable bonds is 6. The predicted molar refractivity (Wildman–Crippen MR) is 136 cm³/mol. The van der Waals surface area contributed by atoms with Crippen molar-refractivity contribution in [1.29, 1.82) is 0 Å². The second kappa shape index (κ2) is 10.6. The van der Waals surface area contributed by atoms with Crippen LogP contribution in [0.5, 0.6) is 0 Å². The number of amides is 2. The fraction of sp³-hybridized carbons (Fsp3) is 0.231. The van der Waals surface area contributed by atoms with E-state index >= 15 is 0 Å². The largest absolute Gasteiger partial charge is 0.368 e. The van der Waals surface area contributed by atoms with Crippen molar-refractivity contribution in [3.63, 3.8) is 0 Å². The number of anilines is 2. The summed E-state index contributed by atoms with van der Waals surface area (Å²) in [7, 11) is 0. The Bertz CT molecular complexity index is 1240. The topological polar surface area (TPSA) is 95.8 Å². The van der Waals surface area contributed by atoms with Crippen LogP contribution in [0.4, 0.5) is 17.1 Å². The number of carbonyl (C=O) groups excluding carboxylic acids is 2. The number of hydrogen-bond donors (Lipinski definition) is 1. The minimum absolute atomic E-state index is 0.0371. The van der Waals surface area contributed by atoms with Crippen molar-refractivity contribution < 1.29 is 14.5 Å². The van der Waals surface area contributed by atoms with Gasteiger partial charge >= 0.3 is 0 Å². The first-order chi connectivity index (χ1) is 16.9. The van der Waals surface area contributed by atoms with Crippen LogP contribution in [0.25, 0.3) is 0 Å². The fourth-order valence-corrected chi connectivity index (χ4v) is 4.19. The lowest BCUT2D eigenvalue weighted by molar-refractivity contribution is -0.384. The maximum absolute atomic E-state index is 12.8. The SMILES string of the molecule is CCc1ccc(C(=O)N2CCN(c3ccc(NC(=O)c4cc([N+](=O)[O-])ccc4Cl)cc3)CC2)cc1. The second-order valence-corrected chi connectivity index (χ2v) is 8.66. The summed E-state index contributed by atoms with van der Waals surface area (Å²) in [6.07, 6.45) is 0.943. The number of halogens is 1. The van der Waals surface area contributed by atoms with Gasteiger partial charge in [0.25, 0.3) is 17.5 Å². The molecule has 35 heavy (non-hydrogen) atoms. The smallest absolute Gasteiger partial charge is 0.270 e. The third-order valence-electron chi connectivity index (χ3n) is 6.07. The Morgan fingerprint density at radius 1 is 0.971 bits per heavy atom. The molecule has 2 amide bonds. The average Bonchev–Trinajstić information content (AvgIpc) is 2.89. The van der Waals surface area contributed by atoms with E-state index in [2.05, 4.69) is 17.1 Å². The Kier molecular flexibility index (Phi) is 7.31. The summed E-state index contributed by atoms with van der Waals surface area (Å²) in [4.78, 5) is 39.9. The third kappa shape index (κ3) is 5.60. The number of piperazine rings is 1. The van der Waals surface area contributed by atoms with Gasteiger partial charge in [-0.2, -0.15) is 0 Å². The molecular weight excluding hydrogens is 468 g/mol. The molecule has 0 radical (unpaired) electrons. The number of nitro groups is 1. The van der Waals surface area contributed by atoms with Crippen LogP contribution in [0, 0.1) is 10.1 Å². The van der Waals surface area contributed by atoms with Crippen molar-refractivity contribution in [2.75, 3.05) is 36.4 Å². The van der Waals surface area contributed by atoms with Gasteiger partial charge in [0.1, 0.15) is 0 Å². The molecule has 0 aliphatic carbocycles. The van der Waals surface area contributed by atoms with Crippen LogP contribution in [-0.2, 0) is 6.42 Å². The van der Waals surface area contributed by atoms with Crippen LogP contribution in [0.15, 0.2) is 66.7 Å². The summed E-state index contributed by atoms with van der Waals surface area (Å²) in [6.45, 7) is 4.74. The molecule has 8 nitrogen and oxygen atoms in total. The number of non-ortho nitro benzene ring substituents is 1. The molecule has 180 valence electrons. The Morgan fingerprint density at radius 3 is 2.23 bits per heavy atom. The molecule has 1 fully saturated rings. The van der Waals surface area contributed by atoms with Gasteiger partial charge in [-0.15, -0.1) is 0 Å². The van der Waals surface area contributed by atoms with E-state index in [1.54, 1.807) is 12.1 Å². The highest BCUT2D eigenvalue weighted by atomic mass is 35.5. The molecule has 4 rings (SSSR count). The average molecular weight is 493 g/mol. The van der Waals surface area contributed by atoms with Gasteiger partial charge in [0.15, 0.2) is 0 Å². The molecule has 3 aromatic rings. The molecule has 0 spiro atoms. The number of nitrogens with zero attached hydrogens (tertiary/aromatic N) is 3. The standard InChI is InChI=1S/C26H25ClN4O4/c1-2-18-3-5-19(6-4-18)26(33)30-15-13-29(14-16-30)21-9-7-20(8-10-21)28-25(32)23-17-22(31(34)35)11-12-24(23)27/h3-12,17H,2,13-16H2,1H3,(H,28,32). The highest BCUT2D eigenvalue weighted by Crippen LogP contribution is 2.25. The lowest BCUT2D eigenvalue weighted by Crippen LogP contribution is -2.48. The van der Waals surface area contributed by atoms with Crippen molar-refractivity contribution in [2.24, 2.45) is 0 Å². The van der Waals surface area contributed by atoms with E-state index in [4.69, 9.17) is 11.6 Å². The molecule has 1 heterocycles. The maximum Gasteiger partial charge on any atom is 0.270 e. The summed E-state index contributed by atoms with van der Waals surface area (Å²) in [5.74, 6) is -0.476. The van der Waals surface area contributed by atoms with Crippen LogP contribution in [-0.4, -0.2) is 47.8 Å². The quantitative estimate of drug-likeness (QED) is 0.385. The first-order valence-electron chi connectivity index (χ1n) is 11.3. The lowest BCUT2D eigenvalue weighted by Gasteiger charge is -2.36. The Balaban J connectivity index is 1.35. The van der Waals surface area contributed by atoms with Crippen LogP contribution < -0.4 is 10.2 Å². The summed E-state index contributed by atoms with van der Waals surface area (Å²) < 4.78 is 0. The first-order valence-corrected chi connectivity index (χ1v) is 11.7. The maximum atomic E-state index is 12.8. The fourth-order valence-electron chi connectivity index (χ4n) is 3.99. The molecule has 0 bridgehead atoms. The number of nitro benzene ring substituents is 1. The third-order valence-corrected chi connectivity index (χ3v) is 6.40. The number of hydrogen-bond acceptors (Lipinski definition) is 5. The molecular formula is C26H25ClN4O4. The highest BCUT2D eigenvalue weighted by molar-refractivity contribution is 6.34. The van der Waals surface area contributed by atoms with Crippen LogP contribution >= 0.6 is 11.6 Å². The first kappa shape index (κ1) is 24.2. The van der Waals surface area contributed by atoms with Crippen LogP contribution in [0.2, 0.25) is 5.02 Å². The molecule has 1 aliphatic heterocycles. The molecule has 9 heteroatoms. The Labute approximate surface area is 208 Å². The number of carbonyl (C=O) groups is 2. The zero-order valence-electron chi connectivity index (χ0n) is 19.2. The molecule has 0 atom stereocenters. The summed E-state index contributed by atoms with van der Waals surface area (Å²) in [5.41, 5.74) is 3.28. The molecule has 0 unspecified atom stereocenters. The molecule has 3 aromatic carbocycles. The van der Waals surface area contributed by atoms with E-state index in [1.807, 2.05) is 41.3 Å². The molecule has 1 aliphatic rings. The second-order valence-electron chi connectivity index (χ2n) is 8.25. The van der Waals surface area contributed by atoms with Crippen molar-refractivity contribution >= 4 is 40.5 Å². The highest BCUT2D eigenvalue weighted by Gasteiger charge is 2.22. The normalized spacial score (nSPS) is 13.4. The van der Waals surface area contributed by atoms with Gasteiger partial charge in [0.05, 0.1) is 15.5 Å². The van der Waals surface area contributed by atoms with Gasteiger partial charge in [0, 0.05) is 55.2 Å². The zero-order valence-corrected chi connectivity index (χ0v) is 20.0. The Hall–Kier alpha value is -3.91.